The monoisotopic (exact) mass is 518 g/mol. The van der Waals surface area contributed by atoms with Gasteiger partial charge in [0.05, 0.1) is 17.3 Å². The van der Waals surface area contributed by atoms with Crippen LogP contribution in [0.4, 0.5) is 11.4 Å². The average Bonchev–Trinajstić information content (AvgIpc) is 3.23. The summed E-state index contributed by atoms with van der Waals surface area (Å²) in [4.78, 5) is 13.3. The van der Waals surface area contributed by atoms with Crippen LogP contribution in [0, 0.1) is 13.8 Å². The zero-order valence-corrected chi connectivity index (χ0v) is 22.7. The van der Waals surface area contributed by atoms with Crippen LogP contribution >= 0.6 is 0 Å². The van der Waals surface area contributed by atoms with Gasteiger partial charge in [0.1, 0.15) is 11.5 Å². The number of esters is 1. The summed E-state index contributed by atoms with van der Waals surface area (Å²) in [6, 6.07) is 28.0. The van der Waals surface area contributed by atoms with Crippen LogP contribution in [0.2, 0.25) is 0 Å². The molecule has 0 radical (unpaired) electrons. The highest BCUT2D eigenvalue weighted by atomic mass is 16.6. The van der Waals surface area contributed by atoms with Gasteiger partial charge in [0.2, 0.25) is 0 Å². The summed E-state index contributed by atoms with van der Waals surface area (Å²) in [5, 5.41) is 7.56. The van der Waals surface area contributed by atoms with Crippen molar-refractivity contribution in [1.29, 1.82) is 0 Å². The summed E-state index contributed by atoms with van der Waals surface area (Å²) < 4.78 is 12.8. The molecule has 5 heteroatoms. The molecule has 1 spiro atoms. The Morgan fingerprint density at radius 3 is 2.36 bits per heavy atom. The summed E-state index contributed by atoms with van der Waals surface area (Å²) in [5.74, 6) is 1.05. The zero-order chi connectivity index (χ0) is 27.0. The van der Waals surface area contributed by atoms with Crippen molar-refractivity contribution in [2.45, 2.75) is 58.2 Å². The summed E-state index contributed by atoms with van der Waals surface area (Å²) in [6.45, 7) is 6.47. The molecule has 0 saturated heterocycles. The van der Waals surface area contributed by atoms with E-state index in [0.29, 0.717) is 17.1 Å². The third-order valence-corrected chi connectivity index (χ3v) is 7.77. The summed E-state index contributed by atoms with van der Waals surface area (Å²) in [5.41, 5.74) is 6.41. The van der Waals surface area contributed by atoms with Crippen LogP contribution in [0.1, 0.15) is 70.8 Å². The molecule has 0 amide bonds. The lowest BCUT2D eigenvalue weighted by Gasteiger charge is -2.38. The van der Waals surface area contributed by atoms with Crippen LogP contribution in [0.3, 0.4) is 0 Å². The molecule has 6 rings (SSSR count). The molecule has 2 N–H and O–H groups in total. The fourth-order valence-corrected chi connectivity index (χ4v) is 5.93. The van der Waals surface area contributed by atoms with E-state index in [-0.39, 0.29) is 12.1 Å². The lowest BCUT2D eigenvalue weighted by atomic mass is 9.77. The number of hydrogen-bond donors (Lipinski definition) is 2. The number of ether oxygens (including phenoxy) is 2. The van der Waals surface area contributed by atoms with Crippen molar-refractivity contribution in [2.75, 3.05) is 10.6 Å². The number of benzene rings is 4. The highest BCUT2D eigenvalue weighted by Gasteiger charge is 2.54. The maximum Gasteiger partial charge on any atom is 0.340 e. The molecule has 0 bridgehead atoms. The number of para-hydroxylation sites is 1. The van der Waals surface area contributed by atoms with Crippen LogP contribution in [-0.4, -0.2) is 12.1 Å². The van der Waals surface area contributed by atoms with Gasteiger partial charge in [-0.15, -0.1) is 0 Å². The minimum atomic E-state index is -1.10. The van der Waals surface area contributed by atoms with Gasteiger partial charge < -0.3 is 20.1 Å². The second-order valence-corrected chi connectivity index (χ2v) is 10.5. The van der Waals surface area contributed by atoms with Crippen molar-refractivity contribution >= 4 is 17.3 Å². The largest absolute Gasteiger partial charge is 0.456 e. The molecule has 2 aliphatic rings. The lowest BCUT2D eigenvalue weighted by Crippen LogP contribution is -2.36. The van der Waals surface area contributed by atoms with E-state index >= 15 is 0 Å². The first-order chi connectivity index (χ1) is 19.0. The Kier molecular flexibility index (Phi) is 6.51. The SMILES string of the molecule is CCCCCC(Nc1ccc(C)cc1C)Nc1cccc2c1C1(OC(=O)c3ccccc31)c1ccccc1O2. The Morgan fingerprint density at radius 1 is 0.795 bits per heavy atom. The molecule has 0 saturated carbocycles. The van der Waals surface area contributed by atoms with E-state index < -0.39 is 5.60 Å². The van der Waals surface area contributed by atoms with Crippen LogP contribution in [0.15, 0.2) is 84.9 Å². The Balaban J connectivity index is 1.47. The van der Waals surface area contributed by atoms with E-state index in [9.17, 15) is 4.79 Å². The standard InChI is InChI=1S/C34H34N2O3/c1-4-5-6-18-31(35-27-20-19-22(2)21-23(27)3)36-28-15-11-17-30-32(28)34(26-14-9-10-16-29(26)38-30)25-13-8-7-12-24(25)33(37)39-34/h7-17,19-21,31,35-36H,4-6,18H2,1-3H3. The van der Waals surface area contributed by atoms with E-state index in [0.717, 1.165) is 53.7 Å². The molecule has 39 heavy (non-hydrogen) atoms. The first kappa shape index (κ1) is 25.1. The maximum atomic E-state index is 13.3. The van der Waals surface area contributed by atoms with Crippen molar-refractivity contribution in [3.8, 4) is 11.5 Å². The molecular weight excluding hydrogens is 484 g/mol. The molecule has 2 heterocycles. The molecule has 198 valence electrons. The van der Waals surface area contributed by atoms with Crippen LogP contribution in [-0.2, 0) is 10.3 Å². The predicted molar refractivity (Wildman–Crippen MR) is 156 cm³/mol. The number of anilines is 2. The lowest BCUT2D eigenvalue weighted by molar-refractivity contribution is 0.0226. The van der Waals surface area contributed by atoms with E-state index in [1.807, 2.05) is 60.7 Å². The molecule has 4 aromatic rings. The van der Waals surface area contributed by atoms with Gasteiger partial charge in [-0.1, -0.05) is 79.9 Å². The van der Waals surface area contributed by atoms with Gasteiger partial charge in [-0.3, -0.25) is 0 Å². The van der Waals surface area contributed by atoms with Gasteiger partial charge in [-0.05, 0) is 62.6 Å². The van der Waals surface area contributed by atoms with Gasteiger partial charge in [0, 0.05) is 22.5 Å². The van der Waals surface area contributed by atoms with Gasteiger partial charge in [0.25, 0.3) is 0 Å². The molecular formula is C34H34N2O3. The maximum absolute atomic E-state index is 13.3. The van der Waals surface area contributed by atoms with Crippen molar-refractivity contribution in [1.82, 2.24) is 0 Å². The fraction of sp³-hybridized carbons (Fsp3) is 0.265. The van der Waals surface area contributed by atoms with Crippen molar-refractivity contribution in [3.05, 3.63) is 118 Å². The van der Waals surface area contributed by atoms with Crippen molar-refractivity contribution in [2.24, 2.45) is 0 Å². The van der Waals surface area contributed by atoms with Crippen LogP contribution in [0.25, 0.3) is 0 Å². The minimum absolute atomic E-state index is 0.0361. The van der Waals surface area contributed by atoms with Crippen LogP contribution in [0.5, 0.6) is 11.5 Å². The molecule has 2 aliphatic heterocycles. The number of aryl methyl sites for hydroxylation is 2. The van der Waals surface area contributed by atoms with Crippen LogP contribution < -0.4 is 15.4 Å². The highest BCUT2D eigenvalue weighted by molar-refractivity contribution is 5.97. The summed E-state index contributed by atoms with van der Waals surface area (Å²) >= 11 is 0. The first-order valence-corrected chi connectivity index (χ1v) is 13.9. The molecule has 2 atom stereocenters. The Bertz CT molecular complexity index is 1550. The molecule has 0 aromatic heterocycles. The Hall–Kier alpha value is -4.25. The summed E-state index contributed by atoms with van der Waals surface area (Å²) in [6.07, 6.45) is 4.29. The Morgan fingerprint density at radius 2 is 1.54 bits per heavy atom. The Labute approximate surface area is 230 Å². The van der Waals surface area contributed by atoms with E-state index in [2.05, 4.69) is 55.7 Å². The predicted octanol–water partition coefficient (Wildman–Crippen LogP) is 8.30. The first-order valence-electron chi connectivity index (χ1n) is 13.9. The molecule has 2 unspecified atom stereocenters. The average molecular weight is 519 g/mol. The molecule has 0 fully saturated rings. The van der Waals surface area contributed by atoms with E-state index in [4.69, 9.17) is 9.47 Å². The van der Waals surface area contributed by atoms with Gasteiger partial charge >= 0.3 is 5.97 Å². The fourth-order valence-electron chi connectivity index (χ4n) is 5.93. The highest BCUT2D eigenvalue weighted by Crippen LogP contribution is 2.58. The number of unbranched alkanes of at least 4 members (excludes halogenated alkanes) is 2. The normalized spacial score (nSPS) is 17.5. The molecule has 4 aromatic carbocycles. The minimum Gasteiger partial charge on any atom is -0.456 e. The molecule has 0 aliphatic carbocycles. The van der Waals surface area contributed by atoms with Gasteiger partial charge in [-0.25, -0.2) is 4.79 Å². The zero-order valence-electron chi connectivity index (χ0n) is 22.7. The smallest absolute Gasteiger partial charge is 0.340 e. The third kappa shape index (κ3) is 4.32. The number of nitrogens with one attached hydrogen (secondary N) is 2. The van der Waals surface area contributed by atoms with Gasteiger partial charge in [0.15, 0.2) is 5.60 Å². The number of rotatable bonds is 8. The number of carbonyl (C=O) groups is 1. The second kappa shape index (κ2) is 10.1. The van der Waals surface area contributed by atoms with Crippen molar-refractivity contribution in [3.63, 3.8) is 0 Å². The van der Waals surface area contributed by atoms with Gasteiger partial charge in [-0.2, -0.15) is 0 Å². The third-order valence-electron chi connectivity index (χ3n) is 7.77. The van der Waals surface area contributed by atoms with E-state index in [1.165, 1.54) is 11.1 Å². The molecule has 5 nitrogen and oxygen atoms in total. The number of carbonyl (C=O) groups excluding carboxylic acids is 1. The quantitative estimate of drug-likeness (QED) is 0.140. The number of fused-ring (bicyclic) bond motifs is 6. The second-order valence-electron chi connectivity index (χ2n) is 10.5. The van der Waals surface area contributed by atoms with E-state index in [1.54, 1.807) is 0 Å². The van der Waals surface area contributed by atoms with Crippen molar-refractivity contribution < 1.29 is 14.3 Å². The number of hydrogen-bond acceptors (Lipinski definition) is 5. The summed E-state index contributed by atoms with van der Waals surface area (Å²) in [7, 11) is 0. The topological polar surface area (TPSA) is 59.6 Å².